The maximum atomic E-state index is 12.8. The number of nitrogens with two attached hydrogens (primary N) is 1. The standard InChI is InChI=1S/C15H18F3N3/c1-10(20)11-3-2-6-21(9-11)13-4-5-14(15(16,17)18)12(7-13)8-19/h4-5,7,10-11H,2-3,6,9,20H2,1H3. The van der Waals surface area contributed by atoms with Gasteiger partial charge in [0, 0.05) is 24.8 Å². The topological polar surface area (TPSA) is 53.0 Å². The number of halogens is 3. The number of anilines is 1. The fourth-order valence-corrected chi connectivity index (χ4v) is 2.74. The molecule has 1 saturated heterocycles. The Hall–Kier alpha value is -1.74. The lowest BCUT2D eigenvalue weighted by molar-refractivity contribution is -0.137. The van der Waals surface area contributed by atoms with Crippen LogP contribution in [0.25, 0.3) is 0 Å². The highest BCUT2D eigenvalue weighted by molar-refractivity contribution is 5.55. The molecule has 0 aromatic heterocycles. The smallest absolute Gasteiger partial charge is 0.371 e. The minimum atomic E-state index is -4.50. The summed E-state index contributed by atoms with van der Waals surface area (Å²) >= 11 is 0. The number of alkyl halides is 3. The monoisotopic (exact) mass is 297 g/mol. The molecule has 21 heavy (non-hydrogen) atoms. The van der Waals surface area contributed by atoms with Gasteiger partial charge in [-0.05, 0) is 43.9 Å². The second-order valence-electron chi connectivity index (χ2n) is 5.55. The maximum absolute atomic E-state index is 12.8. The first kappa shape index (κ1) is 15.6. The van der Waals surface area contributed by atoms with Crippen LogP contribution in [0.3, 0.4) is 0 Å². The van der Waals surface area contributed by atoms with Crippen molar-refractivity contribution < 1.29 is 13.2 Å². The number of rotatable bonds is 2. The molecular weight excluding hydrogens is 279 g/mol. The summed E-state index contributed by atoms with van der Waals surface area (Å²) in [6.45, 7) is 3.44. The second kappa shape index (κ2) is 5.94. The average molecular weight is 297 g/mol. The quantitative estimate of drug-likeness (QED) is 0.912. The van der Waals surface area contributed by atoms with Crippen LogP contribution in [-0.2, 0) is 6.18 Å². The van der Waals surface area contributed by atoms with E-state index in [0.717, 1.165) is 25.5 Å². The molecule has 6 heteroatoms. The first-order valence-corrected chi connectivity index (χ1v) is 6.95. The van der Waals surface area contributed by atoms with Crippen LogP contribution in [0.5, 0.6) is 0 Å². The van der Waals surface area contributed by atoms with Gasteiger partial charge in [-0.25, -0.2) is 0 Å². The highest BCUT2D eigenvalue weighted by Crippen LogP contribution is 2.34. The van der Waals surface area contributed by atoms with Gasteiger partial charge in [0.05, 0.1) is 17.2 Å². The van der Waals surface area contributed by atoms with Crippen LogP contribution >= 0.6 is 0 Å². The lowest BCUT2D eigenvalue weighted by Crippen LogP contribution is -2.42. The van der Waals surface area contributed by atoms with E-state index in [1.54, 1.807) is 6.07 Å². The van der Waals surface area contributed by atoms with Gasteiger partial charge in [-0.1, -0.05) is 0 Å². The van der Waals surface area contributed by atoms with Crippen molar-refractivity contribution in [2.45, 2.75) is 32.0 Å². The van der Waals surface area contributed by atoms with E-state index in [1.807, 2.05) is 11.8 Å². The summed E-state index contributed by atoms with van der Waals surface area (Å²) in [6.07, 6.45) is -2.52. The predicted molar refractivity (Wildman–Crippen MR) is 74.7 cm³/mol. The molecule has 114 valence electrons. The van der Waals surface area contributed by atoms with Crippen LogP contribution in [0.4, 0.5) is 18.9 Å². The summed E-state index contributed by atoms with van der Waals surface area (Å²) in [5.41, 5.74) is 5.36. The van der Waals surface area contributed by atoms with Gasteiger partial charge in [-0.3, -0.25) is 0 Å². The third kappa shape index (κ3) is 3.48. The summed E-state index contributed by atoms with van der Waals surface area (Å²) in [5.74, 6) is 0.326. The number of hydrogen-bond donors (Lipinski definition) is 1. The number of nitriles is 1. The van der Waals surface area contributed by atoms with E-state index < -0.39 is 11.7 Å². The van der Waals surface area contributed by atoms with Crippen molar-refractivity contribution in [3.63, 3.8) is 0 Å². The zero-order chi connectivity index (χ0) is 15.6. The van der Waals surface area contributed by atoms with Gasteiger partial charge in [-0.2, -0.15) is 18.4 Å². The maximum Gasteiger partial charge on any atom is 0.417 e. The third-order valence-corrected chi connectivity index (χ3v) is 4.00. The van der Waals surface area contributed by atoms with Crippen LogP contribution < -0.4 is 10.6 Å². The van der Waals surface area contributed by atoms with E-state index in [1.165, 1.54) is 12.1 Å². The van der Waals surface area contributed by atoms with E-state index in [-0.39, 0.29) is 11.6 Å². The molecule has 2 N–H and O–H groups in total. The highest BCUT2D eigenvalue weighted by Gasteiger charge is 2.34. The van der Waals surface area contributed by atoms with E-state index >= 15 is 0 Å². The molecule has 0 radical (unpaired) electrons. The van der Waals surface area contributed by atoms with Gasteiger partial charge < -0.3 is 10.6 Å². The van der Waals surface area contributed by atoms with Crippen molar-refractivity contribution in [3.8, 4) is 6.07 Å². The Kier molecular flexibility index (Phi) is 4.43. The SMILES string of the molecule is CC(N)C1CCCN(c2ccc(C(F)(F)F)c(C#N)c2)C1. The molecule has 1 aliphatic rings. The molecular formula is C15H18F3N3. The number of hydrogen-bond acceptors (Lipinski definition) is 3. The van der Waals surface area contributed by atoms with Crippen molar-refractivity contribution in [1.29, 1.82) is 5.26 Å². The van der Waals surface area contributed by atoms with E-state index in [4.69, 9.17) is 11.0 Å². The van der Waals surface area contributed by atoms with Gasteiger partial charge in [-0.15, -0.1) is 0 Å². The van der Waals surface area contributed by atoms with Crippen LogP contribution in [0.2, 0.25) is 0 Å². The van der Waals surface area contributed by atoms with Crippen LogP contribution in [0, 0.1) is 17.2 Å². The summed E-state index contributed by atoms with van der Waals surface area (Å²) in [6, 6.07) is 5.45. The Balaban J connectivity index is 2.27. The fraction of sp³-hybridized carbons (Fsp3) is 0.533. The Bertz CT molecular complexity index is 546. The molecule has 0 amide bonds. The summed E-state index contributed by atoms with van der Waals surface area (Å²) in [7, 11) is 0. The third-order valence-electron chi connectivity index (χ3n) is 4.00. The fourth-order valence-electron chi connectivity index (χ4n) is 2.74. The number of benzene rings is 1. The average Bonchev–Trinajstić information content (AvgIpc) is 2.45. The van der Waals surface area contributed by atoms with Crippen molar-refractivity contribution in [2.24, 2.45) is 11.7 Å². The van der Waals surface area contributed by atoms with Crippen LogP contribution in [0.15, 0.2) is 18.2 Å². The zero-order valence-corrected chi connectivity index (χ0v) is 11.8. The predicted octanol–water partition coefficient (Wildman–Crippen LogP) is 3.14. The lowest BCUT2D eigenvalue weighted by Gasteiger charge is -2.36. The minimum absolute atomic E-state index is 0.0534. The molecule has 1 fully saturated rings. The lowest BCUT2D eigenvalue weighted by atomic mass is 9.91. The number of piperidine rings is 1. The molecule has 0 spiro atoms. The molecule has 0 bridgehead atoms. The second-order valence-corrected chi connectivity index (χ2v) is 5.55. The van der Waals surface area contributed by atoms with Gasteiger partial charge in [0.25, 0.3) is 0 Å². The Morgan fingerprint density at radius 2 is 2.14 bits per heavy atom. The first-order valence-electron chi connectivity index (χ1n) is 6.95. The molecule has 1 aromatic carbocycles. The van der Waals surface area contributed by atoms with E-state index in [0.29, 0.717) is 18.2 Å². The van der Waals surface area contributed by atoms with Gasteiger partial charge >= 0.3 is 6.18 Å². The molecule has 1 aromatic rings. The van der Waals surface area contributed by atoms with Crippen molar-refractivity contribution in [1.82, 2.24) is 0 Å². The van der Waals surface area contributed by atoms with Gasteiger partial charge in [0.15, 0.2) is 0 Å². The van der Waals surface area contributed by atoms with Crippen LogP contribution in [0.1, 0.15) is 30.9 Å². The normalized spacial score (nSPS) is 21.0. The first-order chi connectivity index (χ1) is 9.82. The molecule has 0 saturated carbocycles. The van der Waals surface area contributed by atoms with E-state index in [2.05, 4.69) is 0 Å². The largest absolute Gasteiger partial charge is 0.417 e. The summed E-state index contributed by atoms with van der Waals surface area (Å²) < 4.78 is 38.4. The Morgan fingerprint density at radius 1 is 1.43 bits per heavy atom. The van der Waals surface area contributed by atoms with Gasteiger partial charge in [0.2, 0.25) is 0 Å². The van der Waals surface area contributed by atoms with Crippen LogP contribution in [-0.4, -0.2) is 19.1 Å². The van der Waals surface area contributed by atoms with Crippen molar-refractivity contribution >= 4 is 5.69 Å². The van der Waals surface area contributed by atoms with Gasteiger partial charge in [0.1, 0.15) is 0 Å². The molecule has 1 heterocycles. The zero-order valence-electron chi connectivity index (χ0n) is 11.8. The van der Waals surface area contributed by atoms with Crippen molar-refractivity contribution in [3.05, 3.63) is 29.3 Å². The Morgan fingerprint density at radius 3 is 2.71 bits per heavy atom. The molecule has 2 atom stereocenters. The minimum Gasteiger partial charge on any atom is -0.371 e. The molecule has 1 aliphatic heterocycles. The van der Waals surface area contributed by atoms with E-state index in [9.17, 15) is 13.2 Å². The molecule has 3 nitrogen and oxygen atoms in total. The Labute approximate surface area is 122 Å². The molecule has 2 unspecified atom stereocenters. The summed E-state index contributed by atoms with van der Waals surface area (Å²) in [4.78, 5) is 2.01. The van der Waals surface area contributed by atoms with Crippen molar-refractivity contribution in [2.75, 3.05) is 18.0 Å². The molecule has 2 rings (SSSR count). The summed E-state index contributed by atoms with van der Waals surface area (Å²) in [5, 5.41) is 8.96. The highest BCUT2D eigenvalue weighted by atomic mass is 19.4. The number of nitrogens with zero attached hydrogens (tertiary/aromatic N) is 2. The molecule has 0 aliphatic carbocycles.